The van der Waals surface area contributed by atoms with E-state index in [-0.39, 0.29) is 0 Å². The van der Waals surface area contributed by atoms with Crippen LogP contribution < -0.4 is 5.73 Å². The van der Waals surface area contributed by atoms with Crippen LogP contribution in [0.25, 0.3) is 11.4 Å². The molecular weight excluding hydrogens is 226 g/mol. The number of nitrogens with two attached hydrogens (primary N) is 1. The fraction of sp³-hybridized carbons (Fsp3) is 0.538. The SMILES string of the molecule is CC(C)CC(CN)c1ncc(-c2ccnn2C)[nH]1. The average molecular weight is 247 g/mol. The molecule has 2 aromatic rings. The fourth-order valence-electron chi connectivity index (χ4n) is 2.20. The van der Waals surface area contributed by atoms with E-state index in [0.717, 1.165) is 23.6 Å². The summed E-state index contributed by atoms with van der Waals surface area (Å²) in [5.41, 5.74) is 7.86. The minimum absolute atomic E-state index is 0.298. The molecule has 0 aliphatic heterocycles. The standard InChI is InChI=1S/C13H21N5/c1-9(2)6-10(7-14)13-15-8-11(17-13)12-4-5-16-18(12)3/h4-5,8-10H,6-7,14H2,1-3H3,(H,15,17). The summed E-state index contributed by atoms with van der Waals surface area (Å²) in [6, 6.07) is 1.97. The molecule has 0 aliphatic rings. The van der Waals surface area contributed by atoms with E-state index in [4.69, 9.17) is 5.73 Å². The highest BCUT2D eigenvalue weighted by molar-refractivity contribution is 5.53. The predicted octanol–water partition coefficient (Wildman–Crippen LogP) is 1.90. The molecule has 1 atom stereocenters. The molecule has 2 rings (SSSR count). The van der Waals surface area contributed by atoms with Gasteiger partial charge in [-0.3, -0.25) is 4.68 Å². The Labute approximate surface area is 107 Å². The van der Waals surface area contributed by atoms with Crippen LogP contribution in [0.15, 0.2) is 18.5 Å². The van der Waals surface area contributed by atoms with Crippen LogP contribution in [-0.2, 0) is 7.05 Å². The van der Waals surface area contributed by atoms with Crippen LogP contribution in [0.4, 0.5) is 0 Å². The zero-order chi connectivity index (χ0) is 13.1. The third kappa shape index (κ3) is 2.61. The van der Waals surface area contributed by atoms with E-state index in [1.807, 2.05) is 24.0 Å². The van der Waals surface area contributed by atoms with Gasteiger partial charge >= 0.3 is 0 Å². The normalized spacial score (nSPS) is 13.2. The van der Waals surface area contributed by atoms with Gasteiger partial charge in [-0.2, -0.15) is 5.10 Å². The number of imidazole rings is 1. The van der Waals surface area contributed by atoms with E-state index in [1.165, 1.54) is 0 Å². The van der Waals surface area contributed by atoms with Gasteiger partial charge in [0.1, 0.15) is 5.82 Å². The molecule has 0 aromatic carbocycles. The number of aryl methyl sites for hydroxylation is 1. The Morgan fingerprint density at radius 2 is 2.22 bits per heavy atom. The van der Waals surface area contributed by atoms with Crippen LogP contribution in [0.3, 0.4) is 0 Å². The maximum atomic E-state index is 5.83. The van der Waals surface area contributed by atoms with Crippen molar-refractivity contribution in [2.45, 2.75) is 26.2 Å². The van der Waals surface area contributed by atoms with Crippen molar-refractivity contribution in [1.29, 1.82) is 0 Å². The van der Waals surface area contributed by atoms with Crippen LogP contribution in [0.1, 0.15) is 32.0 Å². The molecule has 2 heterocycles. The first-order valence-electron chi connectivity index (χ1n) is 6.35. The van der Waals surface area contributed by atoms with Gasteiger partial charge in [-0.25, -0.2) is 4.98 Å². The van der Waals surface area contributed by atoms with Crippen molar-refractivity contribution in [1.82, 2.24) is 19.7 Å². The zero-order valence-electron chi connectivity index (χ0n) is 11.2. The molecule has 98 valence electrons. The number of aromatic nitrogens is 4. The van der Waals surface area contributed by atoms with Gasteiger partial charge in [0.05, 0.1) is 17.6 Å². The number of aromatic amines is 1. The third-order valence-electron chi connectivity index (χ3n) is 3.12. The van der Waals surface area contributed by atoms with Gasteiger partial charge in [0.25, 0.3) is 0 Å². The summed E-state index contributed by atoms with van der Waals surface area (Å²) in [7, 11) is 1.92. The average Bonchev–Trinajstić information content (AvgIpc) is 2.93. The highest BCUT2D eigenvalue weighted by Crippen LogP contribution is 2.23. The van der Waals surface area contributed by atoms with Crippen molar-refractivity contribution in [3.63, 3.8) is 0 Å². The molecule has 0 saturated heterocycles. The molecule has 2 aromatic heterocycles. The molecule has 5 nitrogen and oxygen atoms in total. The maximum absolute atomic E-state index is 5.83. The molecule has 0 spiro atoms. The Bertz CT molecular complexity index is 497. The minimum Gasteiger partial charge on any atom is -0.340 e. The van der Waals surface area contributed by atoms with Crippen molar-refractivity contribution in [2.24, 2.45) is 18.7 Å². The Balaban J connectivity index is 2.22. The second kappa shape index (κ2) is 5.35. The van der Waals surface area contributed by atoms with Gasteiger partial charge in [0.15, 0.2) is 0 Å². The second-order valence-corrected chi connectivity index (χ2v) is 5.08. The molecule has 18 heavy (non-hydrogen) atoms. The highest BCUT2D eigenvalue weighted by Gasteiger charge is 2.16. The number of hydrogen-bond donors (Lipinski definition) is 2. The topological polar surface area (TPSA) is 72.5 Å². The lowest BCUT2D eigenvalue weighted by atomic mass is 9.97. The van der Waals surface area contributed by atoms with E-state index in [1.54, 1.807) is 6.20 Å². The smallest absolute Gasteiger partial charge is 0.110 e. The second-order valence-electron chi connectivity index (χ2n) is 5.08. The summed E-state index contributed by atoms with van der Waals surface area (Å²) in [5, 5.41) is 4.16. The lowest BCUT2D eigenvalue weighted by Crippen LogP contribution is -2.16. The monoisotopic (exact) mass is 247 g/mol. The summed E-state index contributed by atoms with van der Waals surface area (Å²) >= 11 is 0. The van der Waals surface area contributed by atoms with Gasteiger partial charge in [-0.05, 0) is 18.4 Å². The van der Waals surface area contributed by atoms with Gasteiger partial charge < -0.3 is 10.7 Å². The number of rotatable bonds is 5. The Kier molecular flexibility index (Phi) is 3.81. The molecule has 0 saturated carbocycles. The van der Waals surface area contributed by atoms with Crippen LogP contribution in [0, 0.1) is 5.92 Å². The lowest BCUT2D eigenvalue weighted by molar-refractivity contribution is 0.490. The highest BCUT2D eigenvalue weighted by atomic mass is 15.3. The van der Waals surface area contributed by atoms with Crippen LogP contribution >= 0.6 is 0 Å². The Morgan fingerprint density at radius 3 is 2.78 bits per heavy atom. The minimum atomic E-state index is 0.298. The summed E-state index contributed by atoms with van der Waals surface area (Å²) in [4.78, 5) is 7.82. The number of H-pyrrole nitrogens is 1. The van der Waals surface area contributed by atoms with Crippen molar-refractivity contribution in [2.75, 3.05) is 6.54 Å². The number of nitrogens with one attached hydrogen (secondary N) is 1. The van der Waals surface area contributed by atoms with Crippen LogP contribution in [0.5, 0.6) is 0 Å². The Hall–Kier alpha value is -1.62. The molecule has 0 fully saturated rings. The third-order valence-corrected chi connectivity index (χ3v) is 3.12. The summed E-state index contributed by atoms with van der Waals surface area (Å²) in [6.45, 7) is 5.03. The van der Waals surface area contributed by atoms with E-state index in [0.29, 0.717) is 18.4 Å². The summed E-state index contributed by atoms with van der Waals surface area (Å²) in [5.74, 6) is 1.89. The van der Waals surface area contributed by atoms with E-state index in [2.05, 4.69) is 28.9 Å². The van der Waals surface area contributed by atoms with Crippen molar-refractivity contribution in [3.05, 3.63) is 24.3 Å². The molecular formula is C13H21N5. The van der Waals surface area contributed by atoms with Crippen molar-refractivity contribution >= 4 is 0 Å². The van der Waals surface area contributed by atoms with Crippen LogP contribution in [-0.4, -0.2) is 26.3 Å². The van der Waals surface area contributed by atoms with Gasteiger partial charge in [0.2, 0.25) is 0 Å². The molecule has 1 unspecified atom stereocenters. The Morgan fingerprint density at radius 1 is 1.44 bits per heavy atom. The molecule has 3 N–H and O–H groups in total. The van der Waals surface area contributed by atoms with Gasteiger partial charge in [-0.1, -0.05) is 13.8 Å². The number of nitrogens with zero attached hydrogens (tertiary/aromatic N) is 3. The van der Waals surface area contributed by atoms with Gasteiger partial charge in [0, 0.05) is 25.7 Å². The molecule has 5 heteroatoms. The maximum Gasteiger partial charge on any atom is 0.110 e. The number of hydrogen-bond acceptors (Lipinski definition) is 3. The van der Waals surface area contributed by atoms with E-state index in [9.17, 15) is 0 Å². The molecule has 0 amide bonds. The van der Waals surface area contributed by atoms with Crippen molar-refractivity contribution in [3.8, 4) is 11.4 Å². The predicted molar refractivity (Wildman–Crippen MR) is 72.0 cm³/mol. The summed E-state index contributed by atoms with van der Waals surface area (Å²) < 4.78 is 1.83. The lowest BCUT2D eigenvalue weighted by Gasteiger charge is -2.14. The zero-order valence-corrected chi connectivity index (χ0v) is 11.2. The molecule has 0 radical (unpaired) electrons. The first kappa shape index (κ1) is 12.8. The summed E-state index contributed by atoms with van der Waals surface area (Å²) in [6.07, 6.45) is 4.69. The van der Waals surface area contributed by atoms with E-state index < -0.39 is 0 Å². The van der Waals surface area contributed by atoms with Crippen molar-refractivity contribution < 1.29 is 0 Å². The quantitative estimate of drug-likeness (QED) is 0.847. The van der Waals surface area contributed by atoms with Crippen LogP contribution in [0.2, 0.25) is 0 Å². The fourth-order valence-corrected chi connectivity index (χ4v) is 2.20. The first-order chi connectivity index (χ1) is 8.61. The van der Waals surface area contributed by atoms with E-state index >= 15 is 0 Å². The molecule has 0 bridgehead atoms. The first-order valence-corrected chi connectivity index (χ1v) is 6.35. The van der Waals surface area contributed by atoms with Gasteiger partial charge in [-0.15, -0.1) is 0 Å². The molecule has 0 aliphatic carbocycles. The largest absolute Gasteiger partial charge is 0.340 e.